The molecule has 7 heteroatoms. The van der Waals surface area contributed by atoms with Crippen molar-refractivity contribution in [3.8, 4) is 5.75 Å². The van der Waals surface area contributed by atoms with E-state index in [1.165, 1.54) is 0 Å². The highest BCUT2D eigenvalue weighted by atomic mass is 16.5. The van der Waals surface area contributed by atoms with Gasteiger partial charge in [0.15, 0.2) is 0 Å². The maximum absolute atomic E-state index is 13.1. The highest BCUT2D eigenvalue weighted by Crippen LogP contribution is 2.27. The molecule has 0 saturated carbocycles. The summed E-state index contributed by atoms with van der Waals surface area (Å²) in [7, 11) is 0. The van der Waals surface area contributed by atoms with Crippen LogP contribution < -0.4 is 4.74 Å². The molecular formula is C24H35N3O4. The summed E-state index contributed by atoms with van der Waals surface area (Å²) in [6.45, 7) is 11.4. The van der Waals surface area contributed by atoms with Crippen molar-refractivity contribution in [2.24, 2.45) is 5.92 Å². The lowest BCUT2D eigenvalue weighted by Gasteiger charge is -2.32. The van der Waals surface area contributed by atoms with Gasteiger partial charge in [0, 0.05) is 44.7 Å². The molecule has 2 aliphatic rings. The van der Waals surface area contributed by atoms with Crippen molar-refractivity contribution in [2.75, 3.05) is 39.3 Å². The van der Waals surface area contributed by atoms with Crippen LogP contribution >= 0.6 is 0 Å². The second-order valence-corrected chi connectivity index (χ2v) is 9.39. The highest BCUT2D eigenvalue weighted by Gasteiger charge is 2.41. The lowest BCUT2D eigenvalue weighted by atomic mass is 10.1. The minimum Gasteiger partial charge on any atom is -0.494 e. The smallest absolute Gasteiger partial charge is 0.228 e. The fraction of sp³-hybridized carbons (Fsp3) is 0.625. The molecule has 2 saturated heterocycles. The number of amides is 3. The van der Waals surface area contributed by atoms with Crippen LogP contribution in [-0.2, 0) is 20.8 Å². The molecule has 170 valence electrons. The van der Waals surface area contributed by atoms with Gasteiger partial charge >= 0.3 is 0 Å². The Labute approximate surface area is 185 Å². The predicted molar refractivity (Wildman–Crippen MR) is 119 cm³/mol. The molecule has 2 heterocycles. The van der Waals surface area contributed by atoms with Gasteiger partial charge in [0.25, 0.3) is 0 Å². The molecule has 0 radical (unpaired) electrons. The number of nitrogens with zero attached hydrogens (tertiary/aromatic N) is 3. The first kappa shape index (κ1) is 23.1. The number of hydrogen-bond acceptors (Lipinski definition) is 4. The number of benzene rings is 1. The van der Waals surface area contributed by atoms with E-state index in [0.29, 0.717) is 45.8 Å². The molecule has 0 N–H and O–H groups in total. The molecule has 0 aliphatic carbocycles. The molecule has 1 aromatic rings. The average molecular weight is 430 g/mol. The van der Waals surface area contributed by atoms with E-state index in [2.05, 4.69) is 0 Å². The van der Waals surface area contributed by atoms with E-state index in [1.54, 1.807) is 4.90 Å². The van der Waals surface area contributed by atoms with Crippen molar-refractivity contribution in [3.63, 3.8) is 0 Å². The molecule has 1 aromatic carbocycles. The SMILES string of the molecule is CCOc1ccc(CC(=O)N2CCCN(C(=O)C3CC(=O)N(C(C)(C)C)C3)CC2)cc1. The van der Waals surface area contributed by atoms with Crippen LogP contribution in [-0.4, -0.2) is 77.3 Å². The summed E-state index contributed by atoms with van der Waals surface area (Å²) in [5.41, 5.74) is 0.687. The van der Waals surface area contributed by atoms with Crippen molar-refractivity contribution in [1.82, 2.24) is 14.7 Å². The monoisotopic (exact) mass is 429 g/mol. The maximum atomic E-state index is 13.1. The number of carbonyl (C=O) groups is 3. The third kappa shape index (κ3) is 5.77. The quantitative estimate of drug-likeness (QED) is 0.720. The van der Waals surface area contributed by atoms with Crippen molar-refractivity contribution < 1.29 is 19.1 Å². The van der Waals surface area contributed by atoms with Gasteiger partial charge in [-0.1, -0.05) is 12.1 Å². The molecule has 1 unspecified atom stereocenters. The van der Waals surface area contributed by atoms with Gasteiger partial charge in [0.1, 0.15) is 5.75 Å². The third-order valence-corrected chi connectivity index (χ3v) is 6.03. The molecular weight excluding hydrogens is 394 g/mol. The number of ether oxygens (including phenoxy) is 1. The maximum Gasteiger partial charge on any atom is 0.228 e. The Balaban J connectivity index is 1.53. The van der Waals surface area contributed by atoms with Gasteiger partial charge in [-0.05, 0) is 51.8 Å². The van der Waals surface area contributed by atoms with Crippen LogP contribution in [0.5, 0.6) is 5.75 Å². The number of hydrogen-bond donors (Lipinski definition) is 0. The first-order chi connectivity index (χ1) is 14.7. The largest absolute Gasteiger partial charge is 0.494 e. The number of likely N-dealkylation sites (tertiary alicyclic amines) is 1. The molecule has 0 spiro atoms. The molecule has 3 rings (SSSR count). The number of rotatable bonds is 5. The Morgan fingerprint density at radius 3 is 2.29 bits per heavy atom. The van der Waals surface area contributed by atoms with E-state index in [9.17, 15) is 14.4 Å². The van der Waals surface area contributed by atoms with Gasteiger partial charge in [-0.3, -0.25) is 14.4 Å². The van der Waals surface area contributed by atoms with E-state index in [0.717, 1.165) is 17.7 Å². The van der Waals surface area contributed by atoms with E-state index >= 15 is 0 Å². The fourth-order valence-electron chi connectivity index (χ4n) is 4.32. The zero-order valence-electron chi connectivity index (χ0n) is 19.2. The third-order valence-electron chi connectivity index (χ3n) is 6.03. The van der Waals surface area contributed by atoms with Crippen molar-refractivity contribution in [2.45, 2.75) is 52.5 Å². The van der Waals surface area contributed by atoms with Crippen LogP contribution in [0.2, 0.25) is 0 Å². The van der Waals surface area contributed by atoms with E-state index in [-0.39, 0.29) is 35.6 Å². The summed E-state index contributed by atoms with van der Waals surface area (Å²) >= 11 is 0. The Morgan fingerprint density at radius 1 is 1.03 bits per heavy atom. The summed E-state index contributed by atoms with van der Waals surface area (Å²) < 4.78 is 5.45. The van der Waals surface area contributed by atoms with Gasteiger partial charge in [-0.2, -0.15) is 0 Å². The summed E-state index contributed by atoms with van der Waals surface area (Å²) in [5, 5.41) is 0. The minimum absolute atomic E-state index is 0.0425. The lowest BCUT2D eigenvalue weighted by molar-refractivity contribution is -0.136. The van der Waals surface area contributed by atoms with Gasteiger partial charge in [-0.15, -0.1) is 0 Å². The summed E-state index contributed by atoms with van der Waals surface area (Å²) in [6, 6.07) is 7.63. The standard InChI is InChI=1S/C24H35N3O4/c1-5-31-20-9-7-18(8-10-20)15-21(28)25-11-6-12-26(14-13-25)23(30)19-16-22(29)27(17-19)24(2,3)4/h7-10,19H,5-6,11-17H2,1-4H3. The summed E-state index contributed by atoms with van der Waals surface area (Å²) in [6.07, 6.45) is 1.38. The van der Waals surface area contributed by atoms with E-state index in [4.69, 9.17) is 4.74 Å². The zero-order chi connectivity index (χ0) is 22.6. The molecule has 0 bridgehead atoms. The van der Waals surface area contributed by atoms with E-state index < -0.39 is 0 Å². The number of carbonyl (C=O) groups excluding carboxylic acids is 3. The molecule has 2 fully saturated rings. The van der Waals surface area contributed by atoms with Crippen molar-refractivity contribution in [1.29, 1.82) is 0 Å². The lowest BCUT2D eigenvalue weighted by Crippen LogP contribution is -2.44. The van der Waals surface area contributed by atoms with Crippen molar-refractivity contribution in [3.05, 3.63) is 29.8 Å². The normalized spacial score (nSPS) is 20.1. The molecule has 7 nitrogen and oxygen atoms in total. The van der Waals surface area contributed by atoms with Crippen LogP contribution in [0, 0.1) is 5.92 Å². The fourth-order valence-corrected chi connectivity index (χ4v) is 4.32. The Bertz CT molecular complexity index is 800. The van der Waals surface area contributed by atoms with Crippen LogP contribution in [0.15, 0.2) is 24.3 Å². The van der Waals surface area contributed by atoms with Crippen molar-refractivity contribution >= 4 is 17.7 Å². The summed E-state index contributed by atoms with van der Waals surface area (Å²) in [4.78, 5) is 43.7. The second kappa shape index (κ2) is 9.71. The van der Waals surface area contributed by atoms with Crippen LogP contribution in [0.4, 0.5) is 0 Å². The molecule has 1 atom stereocenters. The summed E-state index contributed by atoms with van der Waals surface area (Å²) in [5.74, 6) is 0.693. The molecule has 2 aliphatic heterocycles. The molecule has 31 heavy (non-hydrogen) atoms. The van der Waals surface area contributed by atoms with Gasteiger partial charge in [0.05, 0.1) is 18.9 Å². The van der Waals surface area contributed by atoms with Crippen LogP contribution in [0.25, 0.3) is 0 Å². The topological polar surface area (TPSA) is 70.2 Å². The Morgan fingerprint density at radius 2 is 1.68 bits per heavy atom. The van der Waals surface area contributed by atoms with Crippen LogP contribution in [0.3, 0.4) is 0 Å². The van der Waals surface area contributed by atoms with Gasteiger partial charge < -0.3 is 19.4 Å². The van der Waals surface area contributed by atoms with Gasteiger partial charge in [-0.25, -0.2) is 0 Å². The zero-order valence-corrected chi connectivity index (χ0v) is 19.2. The second-order valence-electron chi connectivity index (χ2n) is 9.39. The first-order valence-corrected chi connectivity index (χ1v) is 11.3. The first-order valence-electron chi connectivity index (χ1n) is 11.3. The molecule has 0 aromatic heterocycles. The van der Waals surface area contributed by atoms with Crippen LogP contribution in [0.1, 0.15) is 46.1 Å². The Hall–Kier alpha value is -2.57. The Kier molecular flexibility index (Phi) is 7.23. The molecule has 3 amide bonds. The average Bonchev–Trinajstić information content (AvgIpc) is 2.95. The highest BCUT2D eigenvalue weighted by molar-refractivity contribution is 5.89. The van der Waals surface area contributed by atoms with E-state index in [1.807, 2.05) is 61.8 Å². The minimum atomic E-state index is -0.280. The predicted octanol–water partition coefficient (Wildman–Crippen LogP) is 2.34. The van der Waals surface area contributed by atoms with Gasteiger partial charge in [0.2, 0.25) is 17.7 Å².